The molecule has 1 amide bonds. The largest absolute Gasteiger partial charge is 0.463 e. The van der Waals surface area contributed by atoms with Crippen molar-refractivity contribution >= 4 is 17.2 Å². The number of rotatable bonds is 3. The molecule has 1 unspecified atom stereocenters. The number of aromatic nitrogens is 5. The summed E-state index contributed by atoms with van der Waals surface area (Å²) >= 11 is 1.48. The number of ether oxygens (including phenoxy) is 1. The Labute approximate surface area is 131 Å². The SMILES string of the molecule is O=C(C1CCc2nnnn2CC1)N1CC(Oc2nccs2)C1. The minimum atomic E-state index is 0.0457. The molecule has 4 rings (SSSR count). The predicted molar refractivity (Wildman–Crippen MR) is 77.4 cm³/mol. The summed E-state index contributed by atoms with van der Waals surface area (Å²) < 4.78 is 7.51. The molecule has 0 aromatic carbocycles. The lowest BCUT2D eigenvalue weighted by Gasteiger charge is -2.40. The Morgan fingerprint density at radius 2 is 2.27 bits per heavy atom. The number of carbonyl (C=O) groups excluding carboxylic acids is 1. The highest BCUT2D eigenvalue weighted by Gasteiger charge is 2.36. The van der Waals surface area contributed by atoms with Crippen molar-refractivity contribution in [1.29, 1.82) is 0 Å². The average molecular weight is 320 g/mol. The molecule has 8 nitrogen and oxygen atoms in total. The predicted octanol–water partition coefficient (Wildman–Crippen LogP) is 0.372. The van der Waals surface area contributed by atoms with Crippen molar-refractivity contribution in [2.24, 2.45) is 5.92 Å². The number of tetrazole rings is 1. The molecule has 2 aromatic rings. The van der Waals surface area contributed by atoms with E-state index in [-0.39, 0.29) is 17.9 Å². The van der Waals surface area contributed by atoms with E-state index in [9.17, 15) is 4.79 Å². The van der Waals surface area contributed by atoms with Gasteiger partial charge in [0, 0.05) is 30.5 Å². The summed E-state index contributed by atoms with van der Waals surface area (Å²) in [4.78, 5) is 18.5. The van der Waals surface area contributed by atoms with Crippen LogP contribution in [-0.2, 0) is 17.8 Å². The Morgan fingerprint density at radius 3 is 3.09 bits per heavy atom. The third kappa shape index (κ3) is 2.56. The van der Waals surface area contributed by atoms with Crippen molar-refractivity contribution in [3.05, 3.63) is 17.4 Å². The third-order valence-electron chi connectivity index (χ3n) is 4.20. The molecule has 2 aromatic heterocycles. The van der Waals surface area contributed by atoms with Gasteiger partial charge >= 0.3 is 0 Å². The first-order chi connectivity index (χ1) is 10.8. The molecular formula is C13H16N6O2S. The zero-order valence-electron chi connectivity index (χ0n) is 12.0. The normalized spacial score (nSPS) is 21.8. The molecule has 0 bridgehead atoms. The monoisotopic (exact) mass is 320 g/mol. The summed E-state index contributed by atoms with van der Waals surface area (Å²) in [5.74, 6) is 1.14. The number of hydrogen-bond donors (Lipinski definition) is 0. The Bertz CT molecular complexity index is 629. The van der Waals surface area contributed by atoms with E-state index in [1.807, 2.05) is 10.3 Å². The third-order valence-corrected chi connectivity index (χ3v) is 4.86. The molecule has 2 aliphatic rings. The first-order valence-corrected chi connectivity index (χ1v) is 8.27. The maximum Gasteiger partial charge on any atom is 0.273 e. The van der Waals surface area contributed by atoms with E-state index in [0.29, 0.717) is 24.8 Å². The number of nitrogens with zero attached hydrogens (tertiary/aromatic N) is 6. The molecule has 1 fully saturated rings. The molecule has 1 saturated heterocycles. The van der Waals surface area contributed by atoms with Crippen molar-refractivity contribution in [1.82, 2.24) is 30.1 Å². The number of hydrogen-bond acceptors (Lipinski definition) is 7. The van der Waals surface area contributed by atoms with Crippen LogP contribution in [0.15, 0.2) is 11.6 Å². The van der Waals surface area contributed by atoms with Gasteiger partial charge < -0.3 is 9.64 Å². The van der Waals surface area contributed by atoms with Crippen molar-refractivity contribution in [2.75, 3.05) is 13.1 Å². The molecule has 2 aliphatic heterocycles. The van der Waals surface area contributed by atoms with E-state index in [1.54, 1.807) is 10.9 Å². The molecule has 22 heavy (non-hydrogen) atoms. The Balaban J connectivity index is 1.29. The van der Waals surface area contributed by atoms with E-state index >= 15 is 0 Å². The first-order valence-electron chi connectivity index (χ1n) is 7.39. The van der Waals surface area contributed by atoms with E-state index in [4.69, 9.17) is 4.74 Å². The smallest absolute Gasteiger partial charge is 0.273 e. The minimum absolute atomic E-state index is 0.0457. The second-order valence-corrected chi connectivity index (χ2v) is 6.48. The second kappa shape index (κ2) is 5.64. The van der Waals surface area contributed by atoms with Gasteiger partial charge in [-0.25, -0.2) is 9.67 Å². The summed E-state index contributed by atoms with van der Waals surface area (Å²) in [6.45, 7) is 2.02. The topological polar surface area (TPSA) is 86.0 Å². The molecule has 0 radical (unpaired) electrons. The van der Waals surface area contributed by atoms with Crippen LogP contribution in [0.4, 0.5) is 0 Å². The highest BCUT2D eigenvalue weighted by Crippen LogP contribution is 2.25. The van der Waals surface area contributed by atoms with E-state index < -0.39 is 0 Å². The Kier molecular flexibility index (Phi) is 3.49. The molecule has 0 spiro atoms. The maximum absolute atomic E-state index is 12.5. The number of carbonyl (C=O) groups is 1. The van der Waals surface area contributed by atoms with Crippen LogP contribution in [0.25, 0.3) is 0 Å². The van der Waals surface area contributed by atoms with Crippen molar-refractivity contribution in [3.63, 3.8) is 0 Å². The van der Waals surface area contributed by atoms with Gasteiger partial charge in [0.25, 0.3) is 5.19 Å². The van der Waals surface area contributed by atoms with Crippen molar-refractivity contribution in [3.8, 4) is 5.19 Å². The molecule has 0 aliphatic carbocycles. The molecular weight excluding hydrogens is 304 g/mol. The number of aryl methyl sites for hydroxylation is 2. The van der Waals surface area contributed by atoms with Crippen LogP contribution in [0.3, 0.4) is 0 Å². The van der Waals surface area contributed by atoms with Gasteiger partial charge in [-0.1, -0.05) is 11.3 Å². The first kappa shape index (κ1) is 13.6. The van der Waals surface area contributed by atoms with Gasteiger partial charge in [0.15, 0.2) is 5.82 Å². The fraction of sp³-hybridized carbons (Fsp3) is 0.615. The number of likely N-dealkylation sites (tertiary alicyclic amines) is 1. The summed E-state index contributed by atoms with van der Waals surface area (Å²) in [7, 11) is 0. The number of amides is 1. The molecule has 0 N–H and O–H groups in total. The molecule has 116 valence electrons. The lowest BCUT2D eigenvalue weighted by atomic mass is 9.96. The molecule has 4 heterocycles. The van der Waals surface area contributed by atoms with Crippen LogP contribution in [-0.4, -0.2) is 55.2 Å². The van der Waals surface area contributed by atoms with E-state index in [2.05, 4.69) is 20.5 Å². The average Bonchev–Trinajstić information content (AvgIpc) is 3.10. The standard InChI is InChI=1S/C13H16N6O2S/c20-12(9-1-2-11-15-16-17-19(11)5-3-9)18-7-10(8-18)21-13-14-4-6-22-13/h4,6,9-10H,1-3,5,7-8H2. The van der Waals surface area contributed by atoms with Crippen LogP contribution < -0.4 is 4.74 Å². The highest BCUT2D eigenvalue weighted by atomic mass is 32.1. The van der Waals surface area contributed by atoms with Crippen LogP contribution >= 0.6 is 11.3 Å². The number of thiazole rings is 1. The lowest BCUT2D eigenvalue weighted by Crippen LogP contribution is -2.57. The second-order valence-electron chi connectivity index (χ2n) is 5.62. The molecule has 9 heteroatoms. The van der Waals surface area contributed by atoms with Gasteiger partial charge in [0.05, 0.1) is 13.1 Å². The molecule has 0 saturated carbocycles. The summed E-state index contributed by atoms with van der Waals surface area (Å²) in [5.41, 5.74) is 0. The van der Waals surface area contributed by atoms with Gasteiger partial charge in [-0.3, -0.25) is 4.79 Å². The van der Waals surface area contributed by atoms with E-state index in [1.165, 1.54) is 11.3 Å². The Hall–Kier alpha value is -2.03. The van der Waals surface area contributed by atoms with Gasteiger partial charge in [0.1, 0.15) is 6.10 Å². The van der Waals surface area contributed by atoms with Gasteiger partial charge in [-0.2, -0.15) is 0 Å². The molecule has 1 atom stereocenters. The highest BCUT2D eigenvalue weighted by molar-refractivity contribution is 7.11. The van der Waals surface area contributed by atoms with Crippen molar-refractivity contribution < 1.29 is 9.53 Å². The summed E-state index contributed by atoms with van der Waals surface area (Å²) in [6, 6.07) is 0. The van der Waals surface area contributed by atoms with Gasteiger partial charge in [-0.15, -0.1) is 5.10 Å². The zero-order valence-corrected chi connectivity index (χ0v) is 12.8. The van der Waals surface area contributed by atoms with Gasteiger partial charge in [0.2, 0.25) is 5.91 Å². The minimum Gasteiger partial charge on any atom is -0.463 e. The van der Waals surface area contributed by atoms with Crippen LogP contribution in [0.1, 0.15) is 18.7 Å². The lowest BCUT2D eigenvalue weighted by molar-refractivity contribution is -0.145. The zero-order chi connectivity index (χ0) is 14.9. The fourth-order valence-electron chi connectivity index (χ4n) is 2.91. The number of fused-ring (bicyclic) bond motifs is 1. The summed E-state index contributed by atoms with van der Waals surface area (Å²) in [6.07, 6.45) is 4.16. The Morgan fingerprint density at radius 1 is 1.36 bits per heavy atom. The van der Waals surface area contributed by atoms with Crippen LogP contribution in [0.5, 0.6) is 5.19 Å². The van der Waals surface area contributed by atoms with Crippen LogP contribution in [0, 0.1) is 5.92 Å². The fourth-order valence-corrected chi connectivity index (χ4v) is 3.46. The van der Waals surface area contributed by atoms with Gasteiger partial charge in [-0.05, 0) is 23.3 Å². The summed E-state index contributed by atoms with van der Waals surface area (Å²) in [5, 5.41) is 14.2. The van der Waals surface area contributed by atoms with E-state index in [0.717, 1.165) is 25.1 Å². The van der Waals surface area contributed by atoms with Crippen LogP contribution in [0.2, 0.25) is 0 Å². The maximum atomic E-state index is 12.5. The quantitative estimate of drug-likeness (QED) is 0.812. The van der Waals surface area contributed by atoms with Crippen molar-refractivity contribution in [2.45, 2.75) is 31.9 Å².